The summed E-state index contributed by atoms with van der Waals surface area (Å²) in [6, 6.07) is 2.63. The smallest absolute Gasteiger partial charge is 0.323 e. The minimum Gasteiger partial charge on any atom is -0.444 e. The second kappa shape index (κ2) is 9.33. The largest absolute Gasteiger partial charge is 0.444 e. The van der Waals surface area contributed by atoms with Crippen molar-refractivity contribution in [3.63, 3.8) is 0 Å². The number of rotatable bonds is 6. The number of methoxy groups -OCH3 is 1. The van der Waals surface area contributed by atoms with Crippen LogP contribution in [0, 0.1) is 0 Å². The van der Waals surface area contributed by atoms with Crippen LogP contribution in [0.2, 0.25) is 10.2 Å². The summed E-state index contributed by atoms with van der Waals surface area (Å²) in [6.07, 6.45) is 8.84. The number of nitrogens with one attached hydrogen (secondary N) is 2. The van der Waals surface area contributed by atoms with Gasteiger partial charge in [0.05, 0.1) is 58.5 Å². The van der Waals surface area contributed by atoms with Gasteiger partial charge in [0.15, 0.2) is 16.6 Å². The van der Waals surface area contributed by atoms with Gasteiger partial charge in [0, 0.05) is 19.4 Å². The first-order chi connectivity index (χ1) is 16.9. The molecule has 0 spiro atoms. The Labute approximate surface area is 207 Å². The number of carbonyl (C=O) groups excluding carboxylic acids is 1. The minimum absolute atomic E-state index is 0.271. The Morgan fingerprint density at radius 1 is 1.14 bits per heavy atom. The van der Waals surface area contributed by atoms with E-state index in [1.165, 1.54) is 27.9 Å². The highest BCUT2D eigenvalue weighted by molar-refractivity contribution is 6.32. The van der Waals surface area contributed by atoms with Crippen LogP contribution in [-0.4, -0.2) is 47.5 Å². The lowest BCUT2D eigenvalue weighted by Gasteiger charge is -2.17. The van der Waals surface area contributed by atoms with E-state index in [-0.39, 0.29) is 10.2 Å². The predicted molar refractivity (Wildman–Crippen MR) is 128 cm³/mol. The minimum atomic E-state index is -0.537. The first-order valence-electron chi connectivity index (χ1n) is 10.2. The van der Waals surface area contributed by atoms with Crippen LogP contribution < -0.4 is 10.6 Å². The highest BCUT2D eigenvalue weighted by Gasteiger charge is 2.19. The molecule has 5 aromatic rings. The summed E-state index contributed by atoms with van der Waals surface area (Å²) in [4.78, 5) is 25.4. The summed E-state index contributed by atoms with van der Waals surface area (Å²) in [5.74, 6) is 0.798. The van der Waals surface area contributed by atoms with Crippen molar-refractivity contribution in [2.75, 3.05) is 17.7 Å². The zero-order chi connectivity index (χ0) is 24.5. The molecule has 35 heavy (non-hydrogen) atoms. The van der Waals surface area contributed by atoms with Crippen molar-refractivity contribution in [3.8, 4) is 17.3 Å². The molecule has 12 nitrogen and oxygen atoms in total. The number of oxazole rings is 1. The molecule has 2 N–H and O–H groups in total. The highest BCUT2D eigenvalue weighted by Crippen LogP contribution is 2.27. The topological polar surface area (TPSA) is 137 Å². The summed E-state index contributed by atoms with van der Waals surface area (Å²) in [7, 11) is 1.55. The van der Waals surface area contributed by atoms with Gasteiger partial charge in [-0.1, -0.05) is 23.2 Å². The number of amides is 2. The third-order valence-electron chi connectivity index (χ3n) is 5.04. The van der Waals surface area contributed by atoms with E-state index < -0.39 is 12.1 Å². The van der Waals surface area contributed by atoms with Crippen LogP contribution in [0.25, 0.3) is 22.9 Å². The van der Waals surface area contributed by atoms with Crippen molar-refractivity contribution in [2.45, 2.75) is 13.0 Å². The average molecular weight is 514 g/mol. The number of hydrogen-bond donors (Lipinski definition) is 2. The lowest BCUT2D eigenvalue weighted by molar-refractivity contribution is 0.114. The molecule has 2 amide bonds. The van der Waals surface area contributed by atoms with Gasteiger partial charge in [-0.3, -0.25) is 0 Å². The molecule has 0 aliphatic carbocycles. The predicted octanol–water partition coefficient (Wildman–Crippen LogP) is 4.62. The first-order valence-corrected chi connectivity index (χ1v) is 10.9. The summed E-state index contributed by atoms with van der Waals surface area (Å²) < 4.78 is 13.7. The summed E-state index contributed by atoms with van der Waals surface area (Å²) in [6.45, 7) is 1.82. The molecule has 1 atom stereocenters. The van der Waals surface area contributed by atoms with E-state index in [2.05, 4.69) is 35.8 Å². The molecular formula is C21H17Cl2N9O3. The van der Waals surface area contributed by atoms with Gasteiger partial charge in [0.25, 0.3) is 0 Å². The highest BCUT2D eigenvalue weighted by atomic mass is 35.5. The number of fused-ring (bicyclic) bond motifs is 1. The molecule has 0 unspecified atom stereocenters. The van der Waals surface area contributed by atoms with Crippen LogP contribution in [0.5, 0.6) is 0 Å². The number of hydrogen-bond acceptors (Lipinski definition) is 8. The Morgan fingerprint density at radius 3 is 2.74 bits per heavy atom. The number of urea groups is 1. The third kappa shape index (κ3) is 4.54. The molecule has 0 radical (unpaired) electrons. The Hall–Kier alpha value is -4.00. The maximum atomic E-state index is 12.7. The van der Waals surface area contributed by atoms with Gasteiger partial charge >= 0.3 is 6.03 Å². The van der Waals surface area contributed by atoms with E-state index in [1.54, 1.807) is 37.8 Å². The average Bonchev–Trinajstić information content (AvgIpc) is 3.58. The monoisotopic (exact) mass is 513 g/mol. The van der Waals surface area contributed by atoms with E-state index in [4.69, 9.17) is 32.4 Å². The summed E-state index contributed by atoms with van der Waals surface area (Å²) in [5, 5.41) is 14.5. The standard InChI is InChI=1S/C21H17Cl2N9O3/c1-11(34-2)18-15(9-25-17-6-16(23)30-32(17)18)29-21(33)28-13-5-14(22)19(26-8-13)31-10-12(7-27-31)20-24-3-4-35-20/h3-11H,1-2H3,(H2,28,29,33)/t11-/m0/s1. The fraction of sp³-hybridized carbons (Fsp3) is 0.143. The van der Waals surface area contributed by atoms with Gasteiger partial charge in [-0.15, -0.1) is 0 Å². The summed E-state index contributed by atoms with van der Waals surface area (Å²) in [5.41, 5.74) is 2.53. The number of aromatic nitrogens is 7. The van der Waals surface area contributed by atoms with Gasteiger partial charge in [-0.25, -0.2) is 28.9 Å². The first kappa shape index (κ1) is 22.8. The van der Waals surface area contributed by atoms with E-state index in [1.807, 2.05) is 6.92 Å². The van der Waals surface area contributed by atoms with Crippen molar-refractivity contribution >= 4 is 46.3 Å². The van der Waals surface area contributed by atoms with Crippen molar-refractivity contribution < 1.29 is 13.9 Å². The normalized spacial score (nSPS) is 12.1. The van der Waals surface area contributed by atoms with Crippen molar-refractivity contribution in [1.82, 2.24) is 34.3 Å². The quantitative estimate of drug-likeness (QED) is 0.335. The summed E-state index contributed by atoms with van der Waals surface area (Å²) >= 11 is 12.4. The maximum Gasteiger partial charge on any atom is 0.323 e. The molecule has 0 bridgehead atoms. The number of nitrogens with zero attached hydrogens (tertiary/aromatic N) is 7. The van der Waals surface area contributed by atoms with Crippen LogP contribution in [0.3, 0.4) is 0 Å². The Balaban J connectivity index is 1.35. The van der Waals surface area contributed by atoms with Gasteiger partial charge < -0.3 is 19.8 Å². The van der Waals surface area contributed by atoms with Gasteiger partial charge in [0.2, 0.25) is 5.89 Å². The number of halogens is 2. The molecule has 5 heterocycles. The van der Waals surface area contributed by atoms with Crippen LogP contribution in [0.4, 0.5) is 16.2 Å². The molecule has 0 fully saturated rings. The maximum absolute atomic E-state index is 12.7. The van der Waals surface area contributed by atoms with Crippen LogP contribution in [-0.2, 0) is 4.74 Å². The number of anilines is 2. The van der Waals surface area contributed by atoms with Crippen molar-refractivity contribution in [1.29, 1.82) is 0 Å². The SMILES string of the molecule is CO[C@@H](C)c1c(NC(=O)Nc2cnc(-n3cc(-c4ncco4)cn3)c(Cl)c2)cnc2cc(Cl)nn12. The lowest BCUT2D eigenvalue weighted by Crippen LogP contribution is -2.22. The van der Waals surface area contributed by atoms with E-state index in [9.17, 15) is 4.79 Å². The van der Waals surface area contributed by atoms with Crippen LogP contribution >= 0.6 is 23.2 Å². The molecule has 0 aliphatic rings. The Kier molecular flexibility index (Phi) is 6.07. The molecule has 0 saturated heterocycles. The van der Waals surface area contributed by atoms with Crippen LogP contribution in [0.1, 0.15) is 18.7 Å². The molecule has 178 valence electrons. The van der Waals surface area contributed by atoms with Gasteiger partial charge in [0.1, 0.15) is 6.26 Å². The zero-order valence-electron chi connectivity index (χ0n) is 18.3. The molecule has 0 aliphatic heterocycles. The molecule has 5 rings (SSSR count). The van der Waals surface area contributed by atoms with Crippen LogP contribution in [0.15, 0.2) is 53.8 Å². The number of carbonyl (C=O) groups is 1. The van der Waals surface area contributed by atoms with E-state index in [0.717, 1.165) is 0 Å². The Morgan fingerprint density at radius 2 is 2.00 bits per heavy atom. The van der Waals surface area contributed by atoms with Gasteiger partial charge in [-0.2, -0.15) is 10.2 Å². The molecule has 5 aromatic heterocycles. The second-order valence-electron chi connectivity index (χ2n) is 7.29. The molecule has 14 heteroatoms. The van der Waals surface area contributed by atoms with Crippen molar-refractivity contribution in [3.05, 3.63) is 65.2 Å². The lowest BCUT2D eigenvalue weighted by atomic mass is 10.2. The van der Waals surface area contributed by atoms with E-state index in [0.29, 0.717) is 40.0 Å². The molecule has 0 aromatic carbocycles. The fourth-order valence-electron chi connectivity index (χ4n) is 3.39. The number of pyridine rings is 1. The zero-order valence-corrected chi connectivity index (χ0v) is 19.8. The van der Waals surface area contributed by atoms with E-state index >= 15 is 0 Å². The molecule has 0 saturated carbocycles. The Bertz CT molecular complexity index is 1510. The van der Waals surface area contributed by atoms with Gasteiger partial charge in [-0.05, 0) is 13.0 Å². The third-order valence-corrected chi connectivity index (χ3v) is 5.50. The fourth-order valence-corrected chi connectivity index (χ4v) is 3.82. The number of ether oxygens (including phenoxy) is 1. The second-order valence-corrected chi connectivity index (χ2v) is 8.09. The molecular weight excluding hydrogens is 497 g/mol. The van der Waals surface area contributed by atoms with Crippen molar-refractivity contribution in [2.24, 2.45) is 0 Å².